The van der Waals surface area contributed by atoms with Crippen molar-refractivity contribution in [1.82, 2.24) is 10.2 Å². The molecule has 3 rings (SSSR count). The zero-order valence-electron chi connectivity index (χ0n) is 19.4. The van der Waals surface area contributed by atoms with E-state index in [2.05, 4.69) is 5.32 Å². The van der Waals surface area contributed by atoms with Gasteiger partial charge < -0.3 is 19.9 Å². The number of hydrogen-bond donors (Lipinski definition) is 2. The zero-order valence-corrected chi connectivity index (χ0v) is 19.4. The number of benzene rings is 2. The van der Waals surface area contributed by atoms with Crippen LogP contribution in [0.1, 0.15) is 30.0 Å². The first-order valence-electron chi connectivity index (χ1n) is 11.3. The van der Waals surface area contributed by atoms with Gasteiger partial charge in [-0.25, -0.2) is 14.4 Å². The molecular weight excluding hydrogens is 452 g/mol. The molecule has 2 N–H and O–H groups in total. The topological polar surface area (TPSA) is 122 Å². The Labute approximate surface area is 203 Å². The number of nitrogens with one attached hydrogen (secondary N) is 1. The molecule has 0 saturated heterocycles. The number of rotatable bonds is 9. The van der Waals surface area contributed by atoms with Crippen LogP contribution in [0.15, 0.2) is 66.7 Å². The summed E-state index contributed by atoms with van der Waals surface area (Å²) in [5.41, 5.74) is 2.59. The van der Waals surface area contributed by atoms with E-state index in [-0.39, 0.29) is 32.6 Å². The lowest BCUT2D eigenvalue weighted by molar-refractivity contribution is -0.142. The van der Waals surface area contributed by atoms with Crippen LogP contribution in [0.5, 0.6) is 0 Å². The first-order valence-corrected chi connectivity index (χ1v) is 11.3. The highest BCUT2D eigenvalue weighted by Crippen LogP contribution is 2.24. The molecule has 9 heteroatoms. The van der Waals surface area contributed by atoms with E-state index in [9.17, 15) is 24.3 Å². The Hall–Kier alpha value is -4.14. The van der Waals surface area contributed by atoms with E-state index in [1.54, 1.807) is 6.92 Å². The number of carboxylic acids is 1. The number of esters is 1. The second-order valence-electron chi connectivity index (χ2n) is 7.95. The van der Waals surface area contributed by atoms with E-state index < -0.39 is 36.0 Å². The summed E-state index contributed by atoms with van der Waals surface area (Å²) in [6.45, 7) is 2.05. The Balaban J connectivity index is 1.73. The summed E-state index contributed by atoms with van der Waals surface area (Å²) in [5.74, 6) is -2.48. The van der Waals surface area contributed by atoms with Gasteiger partial charge in [0.2, 0.25) is 5.91 Å². The molecule has 2 aromatic carbocycles. The lowest BCUT2D eigenvalue weighted by Crippen LogP contribution is -2.55. The minimum Gasteiger partial charge on any atom is -0.480 e. The quantitative estimate of drug-likeness (QED) is 0.418. The number of ether oxygens (including phenoxy) is 2. The molecule has 35 heavy (non-hydrogen) atoms. The number of carbonyl (C=O) groups is 4. The van der Waals surface area contributed by atoms with Gasteiger partial charge in [0.05, 0.1) is 13.2 Å². The number of hydrogen-bond acceptors (Lipinski definition) is 6. The van der Waals surface area contributed by atoms with Gasteiger partial charge in [0.1, 0.15) is 18.7 Å². The highest BCUT2D eigenvalue weighted by atomic mass is 16.6. The van der Waals surface area contributed by atoms with Crippen LogP contribution in [-0.2, 0) is 43.4 Å². The largest absolute Gasteiger partial charge is 0.480 e. The molecule has 184 valence electrons. The molecule has 1 aliphatic rings. The van der Waals surface area contributed by atoms with Gasteiger partial charge in [-0.2, -0.15) is 0 Å². The fraction of sp³-hybridized carbons (Fsp3) is 0.308. The number of carboxylic acid groups (broad SMARTS) is 1. The third-order valence-electron chi connectivity index (χ3n) is 5.52. The molecule has 0 bridgehead atoms. The van der Waals surface area contributed by atoms with Gasteiger partial charge in [0.15, 0.2) is 0 Å². The maximum Gasteiger partial charge on any atom is 0.411 e. The predicted molar refractivity (Wildman–Crippen MR) is 126 cm³/mol. The van der Waals surface area contributed by atoms with E-state index in [1.165, 1.54) is 11.0 Å². The second kappa shape index (κ2) is 12.4. The fourth-order valence-corrected chi connectivity index (χ4v) is 3.73. The summed E-state index contributed by atoms with van der Waals surface area (Å²) in [5, 5.41) is 12.1. The van der Waals surface area contributed by atoms with Gasteiger partial charge >= 0.3 is 18.0 Å². The maximum absolute atomic E-state index is 13.2. The van der Waals surface area contributed by atoms with Crippen molar-refractivity contribution in [3.63, 3.8) is 0 Å². The van der Waals surface area contributed by atoms with Gasteiger partial charge in [-0.1, -0.05) is 60.7 Å². The lowest BCUT2D eigenvalue weighted by atomic mass is 9.93. The van der Waals surface area contributed by atoms with Gasteiger partial charge in [-0.15, -0.1) is 0 Å². The molecule has 2 amide bonds. The van der Waals surface area contributed by atoms with Crippen molar-refractivity contribution in [3.05, 3.63) is 83.4 Å². The van der Waals surface area contributed by atoms with E-state index in [0.717, 1.165) is 22.8 Å². The third kappa shape index (κ3) is 7.17. The molecule has 2 aromatic rings. The fourth-order valence-electron chi connectivity index (χ4n) is 3.73. The lowest BCUT2D eigenvalue weighted by Gasteiger charge is -2.35. The van der Waals surface area contributed by atoms with Crippen molar-refractivity contribution in [1.29, 1.82) is 0 Å². The van der Waals surface area contributed by atoms with Crippen molar-refractivity contribution in [3.8, 4) is 0 Å². The van der Waals surface area contributed by atoms with Crippen LogP contribution >= 0.6 is 0 Å². The minimum absolute atomic E-state index is 0.0442. The van der Waals surface area contributed by atoms with E-state index in [0.29, 0.717) is 0 Å². The monoisotopic (exact) mass is 480 g/mol. The molecule has 0 fully saturated rings. The summed E-state index contributed by atoms with van der Waals surface area (Å²) < 4.78 is 10.2. The average molecular weight is 481 g/mol. The molecule has 1 aliphatic heterocycles. The smallest absolute Gasteiger partial charge is 0.411 e. The summed E-state index contributed by atoms with van der Waals surface area (Å²) in [6.07, 6.45) is 1.88. The molecule has 0 saturated carbocycles. The van der Waals surface area contributed by atoms with E-state index in [1.807, 2.05) is 54.6 Å². The Morgan fingerprint density at radius 3 is 2.43 bits per heavy atom. The van der Waals surface area contributed by atoms with Crippen molar-refractivity contribution >= 4 is 23.9 Å². The van der Waals surface area contributed by atoms with Crippen LogP contribution in [0.3, 0.4) is 0 Å². The molecule has 1 heterocycles. The predicted octanol–water partition coefficient (Wildman–Crippen LogP) is 2.83. The molecular formula is C26H28N2O7. The maximum atomic E-state index is 13.2. The SMILES string of the molecule is CCOC(=O)/C=C/C[C@@H](NC(=O)[C@@H]1Cc2ccccc2CN1C(=O)OCc1ccccc1)C(=O)O. The summed E-state index contributed by atoms with van der Waals surface area (Å²) in [7, 11) is 0. The van der Waals surface area contributed by atoms with Gasteiger partial charge in [0, 0.05) is 12.5 Å². The Morgan fingerprint density at radius 1 is 1.06 bits per heavy atom. The molecule has 2 atom stereocenters. The molecule has 9 nitrogen and oxygen atoms in total. The highest BCUT2D eigenvalue weighted by Gasteiger charge is 2.37. The van der Waals surface area contributed by atoms with Crippen molar-refractivity contribution in [2.45, 2.75) is 45.0 Å². The first-order chi connectivity index (χ1) is 16.9. The Morgan fingerprint density at radius 2 is 1.74 bits per heavy atom. The second-order valence-corrected chi connectivity index (χ2v) is 7.95. The first kappa shape index (κ1) is 25.5. The van der Waals surface area contributed by atoms with Crippen LogP contribution in [0.2, 0.25) is 0 Å². The third-order valence-corrected chi connectivity index (χ3v) is 5.52. The number of carbonyl (C=O) groups excluding carboxylic acids is 3. The average Bonchev–Trinajstić information content (AvgIpc) is 2.86. The van der Waals surface area contributed by atoms with Gasteiger partial charge in [0.25, 0.3) is 0 Å². The van der Waals surface area contributed by atoms with Crippen molar-refractivity contribution in [2.75, 3.05) is 6.61 Å². The number of amides is 2. The van der Waals surface area contributed by atoms with E-state index in [4.69, 9.17) is 9.47 Å². The summed E-state index contributed by atoms with van der Waals surface area (Å²) >= 11 is 0. The highest BCUT2D eigenvalue weighted by molar-refractivity contribution is 5.90. The van der Waals surface area contributed by atoms with Crippen LogP contribution in [0, 0.1) is 0 Å². The summed E-state index contributed by atoms with van der Waals surface area (Å²) in [4.78, 5) is 50.6. The summed E-state index contributed by atoms with van der Waals surface area (Å²) in [6, 6.07) is 14.4. The van der Waals surface area contributed by atoms with Gasteiger partial charge in [-0.05, 0) is 30.0 Å². The number of fused-ring (bicyclic) bond motifs is 1. The van der Waals surface area contributed by atoms with Crippen LogP contribution in [-0.4, -0.2) is 52.6 Å². The molecule has 0 aliphatic carbocycles. The Bertz CT molecular complexity index is 1080. The molecule has 0 spiro atoms. The van der Waals surface area contributed by atoms with Crippen LogP contribution < -0.4 is 5.32 Å². The Kier molecular flexibility index (Phi) is 9.00. The molecule has 0 aromatic heterocycles. The molecule has 0 unspecified atom stereocenters. The normalized spacial score (nSPS) is 15.7. The molecule has 0 radical (unpaired) electrons. The van der Waals surface area contributed by atoms with Crippen LogP contribution in [0.4, 0.5) is 4.79 Å². The van der Waals surface area contributed by atoms with Crippen molar-refractivity contribution < 1.29 is 33.8 Å². The minimum atomic E-state index is -1.28. The van der Waals surface area contributed by atoms with E-state index >= 15 is 0 Å². The standard InChI is InChI=1S/C26H28N2O7/c1-2-34-23(29)14-8-13-21(25(31)32)27-24(30)22-15-19-11-6-7-12-20(19)16-28(22)26(33)35-17-18-9-4-3-5-10-18/h3-12,14,21-22H,2,13,15-17H2,1H3,(H,27,30)(H,31,32)/b14-8+/t21-,22+/m1/s1. The number of aliphatic carboxylic acids is 1. The zero-order chi connectivity index (χ0) is 25.2. The van der Waals surface area contributed by atoms with Gasteiger partial charge in [-0.3, -0.25) is 9.69 Å². The van der Waals surface area contributed by atoms with Crippen LogP contribution in [0.25, 0.3) is 0 Å². The number of nitrogens with zero attached hydrogens (tertiary/aromatic N) is 1. The van der Waals surface area contributed by atoms with Crippen molar-refractivity contribution in [2.24, 2.45) is 0 Å².